The highest BCUT2D eigenvalue weighted by Gasteiger charge is 2.30. The molecule has 78 valence electrons. The van der Waals surface area contributed by atoms with Crippen molar-refractivity contribution in [2.45, 2.75) is 37.5 Å². The van der Waals surface area contributed by atoms with Gasteiger partial charge in [0.15, 0.2) is 0 Å². The molecular formula is C12H19ClSi. The summed E-state index contributed by atoms with van der Waals surface area (Å²) >= 11 is 6.30. The molecule has 0 fully saturated rings. The Labute approximate surface area is 93.3 Å². The Kier molecular flexibility index (Phi) is 4.21. The van der Waals surface area contributed by atoms with Gasteiger partial charge in [-0.15, -0.1) is 11.6 Å². The molecule has 2 unspecified atom stereocenters. The SMILES string of the molecule is CC[Si](C)(Cc1ccccc1)C(C)Cl. The fourth-order valence-corrected chi connectivity index (χ4v) is 4.57. The first-order valence-electron chi connectivity index (χ1n) is 5.26. The normalized spacial score (nSPS) is 17.4. The molecule has 1 rings (SSSR count). The number of hydrogen-bond acceptors (Lipinski definition) is 0. The van der Waals surface area contributed by atoms with E-state index in [1.54, 1.807) is 0 Å². The molecule has 14 heavy (non-hydrogen) atoms. The molecule has 1 aromatic rings. The molecule has 2 heteroatoms. The lowest BCUT2D eigenvalue weighted by molar-refractivity contribution is 1.12. The minimum Gasteiger partial charge on any atom is -0.127 e. The maximum absolute atomic E-state index is 6.30. The molecule has 0 bridgehead atoms. The van der Waals surface area contributed by atoms with Gasteiger partial charge in [0.05, 0.1) is 8.07 Å². The lowest BCUT2D eigenvalue weighted by Gasteiger charge is -2.28. The van der Waals surface area contributed by atoms with Gasteiger partial charge in [-0.05, 0) is 6.04 Å². The van der Waals surface area contributed by atoms with E-state index in [-0.39, 0.29) is 0 Å². The minimum atomic E-state index is -1.28. The van der Waals surface area contributed by atoms with E-state index in [1.807, 2.05) is 0 Å². The van der Waals surface area contributed by atoms with E-state index in [2.05, 4.69) is 50.7 Å². The predicted molar refractivity (Wildman–Crippen MR) is 67.6 cm³/mol. The van der Waals surface area contributed by atoms with Crippen LogP contribution in [0.4, 0.5) is 0 Å². The van der Waals surface area contributed by atoms with Gasteiger partial charge in [0, 0.05) is 5.00 Å². The Morgan fingerprint density at radius 3 is 2.29 bits per heavy atom. The smallest absolute Gasteiger partial charge is 0.0746 e. The van der Waals surface area contributed by atoms with E-state index in [0.29, 0.717) is 5.00 Å². The number of hydrogen-bond donors (Lipinski definition) is 0. The third-order valence-corrected chi connectivity index (χ3v) is 9.55. The maximum Gasteiger partial charge on any atom is 0.0746 e. The molecule has 0 amide bonds. The van der Waals surface area contributed by atoms with Gasteiger partial charge in [-0.2, -0.15) is 0 Å². The molecule has 0 aliphatic carbocycles. The predicted octanol–water partition coefficient (Wildman–Crippen LogP) is 4.03. The quantitative estimate of drug-likeness (QED) is 0.537. The summed E-state index contributed by atoms with van der Waals surface area (Å²) in [5.74, 6) is 0. The molecule has 0 radical (unpaired) electrons. The van der Waals surface area contributed by atoms with Crippen molar-refractivity contribution in [1.82, 2.24) is 0 Å². The zero-order valence-electron chi connectivity index (χ0n) is 9.26. The average molecular weight is 227 g/mol. The second-order valence-electron chi connectivity index (χ2n) is 4.29. The molecule has 0 nitrogen and oxygen atoms in total. The minimum absolute atomic E-state index is 0.354. The van der Waals surface area contributed by atoms with Crippen LogP contribution in [0.1, 0.15) is 19.4 Å². The molecule has 0 heterocycles. The first kappa shape index (κ1) is 11.8. The van der Waals surface area contributed by atoms with Crippen LogP contribution in [0.5, 0.6) is 0 Å². The topological polar surface area (TPSA) is 0 Å². The fourth-order valence-electron chi connectivity index (χ4n) is 1.61. The van der Waals surface area contributed by atoms with E-state index < -0.39 is 8.07 Å². The van der Waals surface area contributed by atoms with Gasteiger partial charge in [0.25, 0.3) is 0 Å². The van der Waals surface area contributed by atoms with Crippen LogP contribution in [0.15, 0.2) is 30.3 Å². The molecule has 0 aliphatic rings. The Morgan fingerprint density at radius 1 is 1.29 bits per heavy atom. The molecule has 0 spiro atoms. The lowest BCUT2D eigenvalue weighted by Crippen LogP contribution is -2.41. The zero-order chi connectivity index (χ0) is 10.6. The van der Waals surface area contributed by atoms with Crippen molar-refractivity contribution >= 4 is 19.7 Å². The van der Waals surface area contributed by atoms with Crippen LogP contribution in [0.2, 0.25) is 12.6 Å². The summed E-state index contributed by atoms with van der Waals surface area (Å²) in [5, 5.41) is 0.354. The van der Waals surface area contributed by atoms with E-state index in [1.165, 1.54) is 17.7 Å². The standard InChI is InChI=1S/C12H19ClSi/c1-4-14(3,11(2)13)10-12-8-6-5-7-9-12/h5-9,11H,4,10H2,1-3H3. The van der Waals surface area contributed by atoms with Gasteiger partial charge in [-0.1, -0.05) is 62.3 Å². The number of alkyl halides is 1. The highest BCUT2D eigenvalue weighted by molar-refractivity contribution is 6.85. The number of rotatable bonds is 4. The lowest BCUT2D eigenvalue weighted by atomic mass is 10.2. The van der Waals surface area contributed by atoms with Gasteiger partial charge >= 0.3 is 0 Å². The second-order valence-corrected chi connectivity index (χ2v) is 10.5. The van der Waals surface area contributed by atoms with Crippen molar-refractivity contribution in [3.63, 3.8) is 0 Å². The fraction of sp³-hybridized carbons (Fsp3) is 0.500. The second kappa shape index (κ2) is 4.99. The summed E-state index contributed by atoms with van der Waals surface area (Å²) in [4.78, 5) is 0. The first-order valence-corrected chi connectivity index (χ1v) is 8.69. The van der Waals surface area contributed by atoms with Crippen LogP contribution in [0, 0.1) is 0 Å². The largest absolute Gasteiger partial charge is 0.127 e. The molecule has 1 aromatic carbocycles. The Bertz CT molecular complexity index is 271. The van der Waals surface area contributed by atoms with E-state index in [0.717, 1.165) is 0 Å². The van der Waals surface area contributed by atoms with Crippen LogP contribution in [0.3, 0.4) is 0 Å². The van der Waals surface area contributed by atoms with E-state index in [9.17, 15) is 0 Å². The van der Waals surface area contributed by atoms with Gasteiger partial charge < -0.3 is 0 Å². The van der Waals surface area contributed by atoms with Crippen LogP contribution in [-0.2, 0) is 6.04 Å². The Morgan fingerprint density at radius 2 is 1.86 bits per heavy atom. The van der Waals surface area contributed by atoms with Crippen LogP contribution < -0.4 is 0 Å². The van der Waals surface area contributed by atoms with Crippen molar-refractivity contribution in [2.75, 3.05) is 0 Å². The summed E-state index contributed by atoms with van der Waals surface area (Å²) in [6.45, 7) is 6.83. The van der Waals surface area contributed by atoms with Gasteiger partial charge in [0.1, 0.15) is 0 Å². The van der Waals surface area contributed by atoms with Gasteiger partial charge in [0.2, 0.25) is 0 Å². The molecule has 0 aromatic heterocycles. The van der Waals surface area contributed by atoms with Crippen LogP contribution in [-0.4, -0.2) is 13.1 Å². The van der Waals surface area contributed by atoms with Gasteiger partial charge in [-0.3, -0.25) is 0 Å². The zero-order valence-corrected chi connectivity index (χ0v) is 11.0. The molecule has 0 saturated carbocycles. The molecular weight excluding hydrogens is 208 g/mol. The maximum atomic E-state index is 6.30. The van der Waals surface area contributed by atoms with Crippen molar-refractivity contribution in [3.8, 4) is 0 Å². The van der Waals surface area contributed by atoms with E-state index in [4.69, 9.17) is 11.6 Å². The van der Waals surface area contributed by atoms with Gasteiger partial charge in [-0.25, -0.2) is 0 Å². The third-order valence-electron chi connectivity index (χ3n) is 3.22. The first-order chi connectivity index (χ1) is 6.58. The summed E-state index contributed by atoms with van der Waals surface area (Å²) < 4.78 is 0. The Hall–Kier alpha value is -0.273. The highest BCUT2D eigenvalue weighted by Crippen LogP contribution is 2.23. The molecule has 0 saturated heterocycles. The third kappa shape index (κ3) is 2.86. The molecule has 0 aliphatic heterocycles. The highest BCUT2D eigenvalue weighted by atomic mass is 35.5. The summed E-state index contributed by atoms with van der Waals surface area (Å²) in [6.07, 6.45) is 0. The summed E-state index contributed by atoms with van der Waals surface area (Å²) in [5.41, 5.74) is 1.44. The van der Waals surface area contributed by atoms with Crippen molar-refractivity contribution < 1.29 is 0 Å². The van der Waals surface area contributed by atoms with Crippen molar-refractivity contribution in [3.05, 3.63) is 35.9 Å². The summed E-state index contributed by atoms with van der Waals surface area (Å²) in [7, 11) is -1.28. The van der Waals surface area contributed by atoms with E-state index >= 15 is 0 Å². The number of benzene rings is 1. The van der Waals surface area contributed by atoms with Crippen LogP contribution in [0.25, 0.3) is 0 Å². The summed E-state index contributed by atoms with van der Waals surface area (Å²) in [6, 6.07) is 13.2. The number of halogens is 1. The molecule has 0 N–H and O–H groups in total. The monoisotopic (exact) mass is 226 g/mol. The Balaban J connectivity index is 2.76. The average Bonchev–Trinajstić information content (AvgIpc) is 2.19. The van der Waals surface area contributed by atoms with Crippen LogP contribution >= 0.6 is 11.6 Å². The van der Waals surface area contributed by atoms with Crippen molar-refractivity contribution in [2.24, 2.45) is 0 Å². The van der Waals surface area contributed by atoms with Crippen molar-refractivity contribution in [1.29, 1.82) is 0 Å². The molecule has 2 atom stereocenters.